The van der Waals surface area contributed by atoms with Crippen LogP contribution >= 0.6 is 31.9 Å². The molecule has 0 radical (unpaired) electrons. The Morgan fingerprint density at radius 2 is 1.89 bits per heavy atom. The van der Waals surface area contributed by atoms with E-state index in [0.717, 1.165) is 8.95 Å². The van der Waals surface area contributed by atoms with Crippen LogP contribution in [0.5, 0.6) is 0 Å². The predicted molar refractivity (Wildman–Crippen MR) is 82.6 cm³/mol. The summed E-state index contributed by atoms with van der Waals surface area (Å²) in [5, 5.41) is 14.1. The van der Waals surface area contributed by atoms with Crippen LogP contribution in [0.2, 0.25) is 0 Å². The molecule has 0 atom stereocenters. The minimum absolute atomic E-state index is 0.126. The zero-order valence-corrected chi connectivity index (χ0v) is 12.7. The van der Waals surface area contributed by atoms with E-state index in [0.29, 0.717) is 11.4 Å². The number of para-hydroxylation sites is 1. The van der Waals surface area contributed by atoms with Gasteiger partial charge in [-0.1, -0.05) is 22.0 Å². The Morgan fingerprint density at radius 3 is 2.58 bits per heavy atom. The van der Waals surface area contributed by atoms with Crippen molar-refractivity contribution < 1.29 is 4.92 Å². The van der Waals surface area contributed by atoms with Crippen molar-refractivity contribution in [1.29, 1.82) is 0 Å². The van der Waals surface area contributed by atoms with Gasteiger partial charge in [0, 0.05) is 8.95 Å². The Hall–Kier alpha value is -1.60. The molecule has 2 aromatic carbocycles. The summed E-state index contributed by atoms with van der Waals surface area (Å²) >= 11 is 6.74. The van der Waals surface area contributed by atoms with Crippen LogP contribution in [0.1, 0.15) is 0 Å². The average molecular weight is 387 g/mol. The number of hydrogen-bond acceptors (Lipinski definition) is 4. The summed E-state index contributed by atoms with van der Waals surface area (Å²) < 4.78 is 1.66. The van der Waals surface area contributed by atoms with Gasteiger partial charge in [-0.05, 0) is 46.3 Å². The molecule has 0 aliphatic heterocycles. The number of anilines is 3. The van der Waals surface area contributed by atoms with E-state index in [1.54, 1.807) is 12.1 Å². The van der Waals surface area contributed by atoms with Crippen LogP contribution in [0.4, 0.5) is 22.7 Å². The Labute approximate surface area is 126 Å². The first kappa shape index (κ1) is 13.8. The molecule has 98 valence electrons. The van der Waals surface area contributed by atoms with Gasteiger partial charge in [0.1, 0.15) is 11.4 Å². The normalized spacial score (nSPS) is 10.2. The summed E-state index contributed by atoms with van der Waals surface area (Å²) in [6, 6.07) is 10.3. The van der Waals surface area contributed by atoms with E-state index in [2.05, 4.69) is 37.2 Å². The lowest BCUT2D eigenvalue weighted by Gasteiger charge is -2.10. The number of nitrogen functional groups attached to an aromatic ring is 1. The fourth-order valence-corrected chi connectivity index (χ4v) is 2.31. The summed E-state index contributed by atoms with van der Waals surface area (Å²) in [6.45, 7) is 0. The molecule has 2 rings (SSSR count). The largest absolute Gasteiger partial charge is 0.393 e. The van der Waals surface area contributed by atoms with Gasteiger partial charge >= 0.3 is 5.69 Å². The second-order valence-electron chi connectivity index (χ2n) is 3.75. The monoisotopic (exact) mass is 385 g/mol. The number of benzene rings is 2. The lowest BCUT2D eigenvalue weighted by molar-refractivity contribution is -0.383. The molecule has 0 aromatic heterocycles. The van der Waals surface area contributed by atoms with Gasteiger partial charge in [-0.25, -0.2) is 0 Å². The van der Waals surface area contributed by atoms with E-state index < -0.39 is 4.92 Å². The van der Waals surface area contributed by atoms with Crippen molar-refractivity contribution in [3.05, 3.63) is 55.5 Å². The lowest BCUT2D eigenvalue weighted by atomic mass is 10.2. The molecule has 0 unspecified atom stereocenters. The Balaban J connectivity index is 2.46. The highest BCUT2D eigenvalue weighted by molar-refractivity contribution is 9.11. The molecule has 2 aromatic rings. The maximum Gasteiger partial charge on any atom is 0.315 e. The van der Waals surface area contributed by atoms with E-state index in [-0.39, 0.29) is 11.4 Å². The van der Waals surface area contributed by atoms with E-state index in [9.17, 15) is 10.1 Å². The summed E-state index contributed by atoms with van der Waals surface area (Å²) in [4.78, 5) is 10.6. The zero-order chi connectivity index (χ0) is 14.0. The van der Waals surface area contributed by atoms with E-state index in [1.807, 2.05) is 18.2 Å². The SMILES string of the molecule is Nc1cccc(Nc2cc(Br)ccc2Br)c1[N+](=O)[O-]. The molecule has 0 heterocycles. The van der Waals surface area contributed by atoms with Crippen LogP contribution in [0.3, 0.4) is 0 Å². The summed E-state index contributed by atoms with van der Waals surface area (Å²) in [6.07, 6.45) is 0. The van der Waals surface area contributed by atoms with Crippen LogP contribution in [0, 0.1) is 10.1 Å². The van der Waals surface area contributed by atoms with Crippen molar-refractivity contribution in [2.24, 2.45) is 0 Å². The minimum atomic E-state index is -0.496. The molecule has 0 aliphatic carbocycles. The van der Waals surface area contributed by atoms with E-state index in [1.165, 1.54) is 6.07 Å². The van der Waals surface area contributed by atoms with Gasteiger partial charge in [0.2, 0.25) is 0 Å². The highest BCUT2D eigenvalue weighted by atomic mass is 79.9. The summed E-state index contributed by atoms with van der Waals surface area (Å²) in [5.74, 6) is 0. The van der Waals surface area contributed by atoms with Gasteiger partial charge in [0.05, 0.1) is 10.6 Å². The number of nitrogens with two attached hydrogens (primary N) is 1. The molecule has 0 fully saturated rings. The van der Waals surface area contributed by atoms with Crippen LogP contribution < -0.4 is 11.1 Å². The second-order valence-corrected chi connectivity index (χ2v) is 5.52. The molecule has 0 spiro atoms. The minimum Gasteiger partial charge on any atom is -0.393 e. The van der Waals surface area contributed by atoms with Crippen molar-refractivity contribution >= 4 is 54.6 Å². The molecule has 3 N–H and O–H groups in total. The standard InChI is InChI=1S/C12H9Br2N3O2/c13-7-4-5-8(14)11(6-7)16-10-3-1-2-9(15)12(10)17(18)19/h1-6,16H,15H2. The van der Waals surface area contributed by atoms with Crippen LogP contribution in [-0.2, 0) is 0 Å². The summed E-state index contributed by atoms with van der Waals surface area (Å²) in [7, 11) is 0. The Bertz CT molecular complexity index is 647. The molecule has 5 nitrogen and oxygen atoms in total. The van der Waals surface area contributed by atoms with Crippen molar-refractivity contribution in [3.8, 4) is 0 Å². The van der Waals surface area contributed by atoms with Crippen molar-refractivity contribution in [3.63, 3.8) is 0 Å². The highest BCUT2D eigenvalue weighted by Crippen LogP contribution is 2.35. The second kappa shape index (κ2) is 5.58. The number of nitrogens with one attached hydrogen (secondary N) is 1. The van der Waals surface area contributed by atoms with E-state index >= 15 is 0 Å². The maximum absolute atomic E-state index is 11.0. The first-order chi connectivity index (χ1) is 8.99. The number of nitrogens with zero attached hydrogens (tertiary/aromatic N) is 1. The maximum atomic E-state index is 11.0. The molecular weight excluding hydrogens is 378 g/mol. The van der Waals surface area contributed by atoms with Crippen LogP contribution in [0.25, 0.3) is 0 Å². The van der Waals surface area contributed by atoms with Gasteiger partial charge in [-0.15, -0.1) is 0 Å². The number of hydrogen-bond donors (Lipinski definition) is 2. The average Bonchev–Trinajstić information content (AvgIpc) is 2.33. The molecule has 0 amide bonds. The molecule has 0 saturated carbocycles. The number of nitro groups is 1. The third-order valence-electron chi connectivity index (χ3n) is 2.45. The van der Waals surface area contributed by atoms with Crippen LogP contribution in [0.15, 0.2) is 45.3 Å². The molecule has 19 heavy (non-hydrogen) atoms. The fourth-order valence-electron chi connectivity index (χ4n) is 1.60. The van der Waals surface area contributed by atoms with Gasteiger partial charge in [-0.2, -0.15) is 0 Å². The molecule has 0 bridgehead atoms. The van der Waals surface area contributed by atoms with Crippen LogP contribution in [-0.4, -0.2) is 4.92 Å². The number of halogens is 2. The smallest absolute Gasteiger partial charge is 0.315 e. The van der Waals surface area contributed by atoms with Gasteiger partial charge in [-0.3, -0.25) is 10.1 Å². The third kappa shape index (κ3) is 3.05. The van der Waals surface area contributed by atoms with Gasteiger partial charge < -0.3 is 11.1 Å². The van der Waals surface area contributed by atoms with Crippen molar-refractivity contribution in [1.82, 2.24) is 0 Å². The van der Waals surface area contributed by atoms with Crippen molar-refractivity contribution in [2.75, 3.05) is 11.1 Å². The molecule has 0 saturated heterocycles. The number of nitro benzene ring substituents is 1. The third-order valence-corrected chi connectivity index (χ3v) is 3.63. The highest BCUT2D eigenvalue weighted by Gasteiger charge is 2.18. The molecular formula is C12H9Br2N3O2. The summed E-state index contributed by atoms with van der Waals surface area (Å²) in [5.41, 5.74) is 6.70. The fraction of sp³-hybridized carbons (Fsp3) is 0. The lowest BCUT2D eigenvalue weighted by Crippen LogP contribution is -2.01. The quantitative estimate of drug-likeness (QED) is 0.464. The molecule has 0 aliphatic rings. The van der Waals surface area contributed by atoms with Gasteiger partial charge in [0.15, 0.2) is 0 Å². The first-order valence-electron chi connectivity index (χ1n) is 5.24. The Morgan fingerprint density at radius 1 is 1.16 bits per heavy atom. The Kier molecular flexibility index (Phi) is 4.06. The van der Waals surface area contributed by atoms with E-state index in [4.69, 9.17) is 5.73 Å². The topological polar surface area (TPSA) is 81.2 Å². The van der Waals surface area contributed by atoms with Gasteiger partial charge in [0.25, 0.3) is 0 Å². The zero-order valence-electron chi connectivity index (χ0n) is 9.56. The number of rotatable bonds is 3. The molecule has 7 heteroatoms. The first-order valence-corrected chi connectivity index (χ1v) is 6.82. The van der Waals surface area contributed by atoms with Crippen molar-refractivity contribution in [2.45, 2.75) is 0 Å². The predicted octanol–water partition coefficient (Wildman–Crippen LogP) is 4.45.